The molecule has 152 valence electrons. The number of hydrogen-bond acceptors (Lipinski definition) is 4. The Morgan fingerprint density at radius 3 is 2.21 bits per heavy atom. The van der Waals surface area contributed by atoms with Crippen molar-refractivity contribution in [2.75, 3.05) is 5.32 Å². The molecule has 0 saturated heterocycles. The summed E-state index contributed by atoms with van der Waals surface area (Å²) < 4.78 is 31.9. The lowest BCUT2D eigenvalue weighted by Crippen LogP contribution is -2.46. The van der Waals surface area contributed by atoms with E-state index in [1.165, 1.54) is 0 Å². The summed E-state index contributed by atoms with van der Waals surface area (Å²) in [6.07, 6.45) is 4.32. The lowest BCUT2D eigenvalue weighted by molar-refractivity contribution is -0.120. The molecule has 0 bridgehead atoms. The van der Waals surface area contributed by atoms with Crippen molar-refractivity contribution in [3.63, 3.8) is 0 Å². The zero-order valence-corrected chi connectivity index (χ0v) is 17.4. The van der Waals surface area contributed by atoms with Crippen molar-refractivity contribution in [1.29, 1.82) is 0 Å². The molecule has 1 fully saturated rings. The highest BCUT2D eigenvalue weighted by molar-refractivity contribution is 7.90. The maximum atomic E-state index is 12.6. The van der Waals surface area contributed by atoms with Gasteiger partial charge in [0.15, 0.2) is 0 Å². The Labute approximate surface area is 166 Å². The molecule has 1 aromatic heterocycles. The Morgan fingerprint density at radius 2 is 1.68 bits per heavy atom. The van der Waals surface area contributed by atoms with Crippen LogP contribution in [0.4, 0.5) is 5.69 Å². The lowest BCUT2D eigenvalue weighted by atomic mass is 9.86. The van der Waals surface area contributed by atoms with Crippen LogP contribution in [0.1, 0.15) is 46.5 Å². The molecule has 28 heavy (non-hydrogen) atoms. The smallest absolute Gasteiger partial charge is 0.227 e. The number of carbonyl (C=O) groups is 1. The monoisotopic (exact) mass is 404 g/mol. The molecule has 2 aromatic rings. The van der Waals surface area contributed by atoms with Gasteiger partial charge in [-0.3, -0.25) is 4.79 Å². The topological polar surface area (TPSA) is 88.4 Å². The van der Waals surface area contributed by atoms with Gasteiger partial charge in [-0.15, -0.1) is 0 Å². The Morgan fingerprint density at radius 1 is 1.04 bits per heavy atom. The summed E-state index contributed by atoms with van der Waals surface area (Å²) in [5.41, 5.74) is 1.70. The van der Waals surface area contributed by atoms with E-state index in [2.05, 4.69) is 10.0 Å². The number of nitrogens with one attached hydrogen (secondary N) is 2. The van der Waals surface area contributed by atoms with Crippen LogP contribution in [0.25, 0.3) is 11.3 Å². The number of anilines is 1. The number of carbonyl (C=O) groups excluding carboxylic acids is 1. The molecule has 1 aliphatic rings. The third-order valence-corrected chi connectivity index (χ3v) is 7.44. The van der Waals surface area contributed by atoms with Crippen LogP contribution < -0.4 is 10.0 Å². The zero-order chi connectivity index (χ0) is 20.4. The van der Waals surface area contributed by atoms with Crippen LogP contribution in [0, 0.1) is 5.92 Å². The van der Waals surface area contributed by atoms with Gasteiger partial charge >= 0.3 is 0 Å². The third-order valence-electron chi connectivity index (χ3n) is 5.18. The molecule has 0 atom stereocenters. The first-order valence-corrected chi connectivity index (χ1v) is 11.1. The molecule has 7 heteroatoms. The van der Waals surface area contributed by atoms with Gasteiger partial charge in [0.2, 0.25) is 15.9 Å². The fourth-order valence-corrected chi connectivity index (χ4v) is 4.30. The summed E-state index contributed by atoms with van der Waals surface area (Å²) in [7, 11) is -3.36. The molecule has 0 spiro atoms. The molecule has 0 unspecified atom stereocenters. The minimum atomic E-state index is -3.36. The van der Waals surface area contributed by atoms with Crippen LogP contribution in [0.15, 0.2) is 47.1 Å². The molecule has 1 aliphatic carbocycles. The van der Waals surface area contributed by atoms with E-state index in [4.69, 9.17) is 4.42 Å². The molecule has 6 nitrogen and oxygen atoms in total. The second-order valence-corrected chi connectivity index (χ2v) is 10.8. The highest BCUT2D eigenvalue weighted by Gasteiger charge is 2.34. The Bertz CT molecular complexity index is 889. The second kappa shape index (κ2) is 8.09. The highest BCUT2D eigenvalue weighted by Crippen LogP contribution is 2.28. The largest absolute Gasteiger partial charge is 0.464 e. The van der Waals surface area contributed by atoms with E-state index in [-0.39, 0.29) is 17.9 Å². The number of furan rings is 1. The van der Waals surface area contributed by atoms with Crippen LogP contribution in [-0.2, 0) is 14.8 Å². The molecule has 3 rings (SSSR count). The molecular formula is C21H28N2O4S. The summed E-state index contributed by atoms with van der Waals surface area (Å²) in [4.78, 5) is 12.6. The summed E-state index contributed by atoms with van der Waals surface area (Å²) in [5.74, 6) is 0.678. The van der Waals surface area contributed by atoms with Gasteiger partial charge in [-0.2, -0.15) is 0 Å². The van der Waals surface area contributed by atoms with Crippen LogP contribution in [0.5, 0.6) is 0 Å². The van der Waals surface area contributed by atoms with Crippen molar-refractivity contribution in [3.05, 3.63) is 42.7 Å². The summed E-state index contributed by atoms with van der Waals surface area (Å²) in [5, 5.41) is 2.96. The van der Waals surface area contributed by atoms with Crippen molar-refractivity contribution in [1.82, 2.24) is 4.72 Å². The van der Waals surface area contributed by atoms with Crippen molar-refractivity contribution in [2.45, 2.75) is 57.2 Å². The minimum absolute atomic E-state index is 0.0112. The van der Waals surface area contributed by atoms with Crippen molar-refractivity contribution >= 4 is 21.6 Å². The van der Waals surface area contributed by atoms with Gasteiger partial charge in [0, 0.05) is 23.2 Å². The maximum Gasteiger partial charge on any atom is 0.227 e. The van der Waals surface area contributed by atoms with Crippen molar-refractivity contribution in [2.24, 2.45) is 5.92 Å². The van der Waals surface area contributed by atoms with Gasteiger partial charge in [-0.05, 0) is 82.9 Å². The zero-order valence-electron chi connectivity index (χ0n) is 16.6. The fourth-order valence-electron chi connectivity index (χ4n) is 3.27. The van der Waals surface area contributed by atoms with Gasteiger partial charge in [-0.1, -0.05) is 0 Å². The lowest BCUT2D eigenvalue weighted by Gasteiger charge is -2.30. The third kappa shape index (κ3) is 4.83. The molecular weight excluding hydrogens is 376 g/mol. The summed E-state index contributed by atoms with van der Waals surface area (Å²) in [6, 6.07) is 11.2. The first-order chi connectivity index (χ1) is 13.2. The predicted octanol–water partition coefficient (Wildman–Crippen LogP) is 4.16. The van der Waals surface area contributed by atoms with Gasteiger partial charge in [0.05, 0.1) is 11.0 Å². The van der Waals surface area contributed by atoms with Gasteiger partial charge in [0.1, 0.15) is 5.76 Å². The van der Waals surface area contributed by atoms with Gasteiger partial charge in [0.25, 0.3) is 0 Å². The molecule has 1 amide bonds. The SMILES string of the molecule is CC(C)(C)S(=O)(=O)NC1CCC(C(=O)Nc2ccc(-c3ccco3)cc2)CC1. The van der Waals surface area contributed by atoms with E-state index in [9.17, 15) is 13.2 Å². The van der Waals surface area contributed by atoms with Crippen LogP contribution in [-0.4, -0.2) is 25.1 Å². The average Bonchev–Trinajstić information content (AvgIpc) is 3.16. The minimum Gasteiger partial charge on any atom is -0.464 e. The maximum absolute atomic E-state index is 12.6. The Kier molecular flexibility index (Phi) is 5.95. The molecule has 0 radical (unpaired) electrons. The van der Waals surface area contributed by atoms with E-state index in [0.29, 0.717) is 25.7 Å². The van der Waals surface area contributed by atoms with Crippen molar-refractivity contribution < 1.29 is 17.6 Å². The van der Waals surface area contributed by atoms with E-state index in [1.54, 1.807) is 27.0 Å². The van der Waals surface area contributed by atoms with Gasteiger partial charge < -0.3 is 9.73 Å². The van der Waals surface area contributed by atoms with E-state index in [0.717, 1.165) is 17.0 Å². The summed E-state index contributed by atoms with van der Waals surface area (Å²) >= 11 is 0. The highest BCUT2D eigenvalue weighted by atomic mass is 32.2. The number of sulfonamides is 1. The number of amides is 1. The molecule has 2 N–H and O–H groups in total. The summed E-state index contributed by atoms with van der Waals surface area (Å²) in [6.45, 7) is 5.06. The fraction of sp³-hybridized carbons (Fsp3) is 0.476. The van der Waals surface area contributed by atoms with Crippen molar-refractivity contribution in [3.8, 4) is 11.3 Å². The number of benzene rings is 1. The predicted molar refractivity (Wildman–Crippen MR) is 110 cm³/mol. The quantitative estimate of drug-likeness (QED) is 0.783. The first-order valence-electron chi connectivity index (χ1n) is 9.62. The number of hydrogen-bond donors (Lipinski definition) is 2. The normalized spacial score (nSPS) is 20.7. The molecule has 0 aliphatic heterocycles. The standard InChI is InChI=1S/C21H28N2O4S/c1-21(2,3)28(25,26)23-18-12-8-16(9-13-18)20(24)22-17-10-6-15(7-11-17)19-5-4-14-27-19/h4-7,10-11,14,16,18,23H,8-9,12-13H2,1-3H3,(H,22,24). The van der Waals surface area contributed by atoms with Gasteiger partial charge in [-0.25, -0.2) is 13.1 Å². The molecule has 1 saturated carbocycles. The van der Waals surface area contributed by atoms with E-state index < -0.39 is 14.8 Å². The second-order valence-electron chi connectivity index (χ2n) is 8.33. The first kappa shape index (κ1) is 20.6. The molecule has 1 heterocycles. The molecule has 1 aromatic carbocycles. The van der Waals surface area contributed by atoms with E-state index >= 15 is 0 Å². The van der Waals surface area contributed by atoms with Crippen LogP contribution in [0.2, 0.25) is 0 Å². The number of rotatable bonds is 5. The van der Waals surface area contributed by atoms with E-state index in [1.807, 2.05) is 36.4 Å². The van der Waals surface area contributed by atoms with Crippen LogP contribution in [0.3, 0.4) is 0 Å². The Hall–Kier alpha value is -2.12. The average molecular weight is 405 g/mol. The van der Waals surface area contributed by atoms with Crippen LogP contribution >= 0.6 is 0 Å². The Balaban J connectivity index is 1.51.